The van der Waals surface area contributed by atoms with Gasteiger partial charge in [0.1, 0.15) is 17.1 Å². The van der Waals surface area contributed by atoms with Crippen molar-refractivity contribution in [3.05, 3.63) is 23.3 Å². The molecule has 0 unspecified atom stereocenters. The van der Waals surface area contributed by atoms with E-state index >= 15 is 0 Å². The molecule has 0 radical (unpaired) electrons. The minimum absolute atomic E-state index is 0.0617. The van der Waals surface area contributed by atoms with Crippen LogP contribution >= 0.6 is 0 Å². The van der Waals surface area contributed by atoms with Gasteiger partial charge in [0.15, 0.2) is 0 Å². The minimum atomic E-state index is -1.13. The molecule has 0 amide bonds. The zero-order valence-corrected chi connectivity index (χ0v) is 10.9. The van der Waals surface area contributed by atoms with Gasteiger partial charge in [-0.3, -0.25) is 0 Å². The molecule has 4 nitrogen and oxygen atoms in total. The van der Waals surface area contributed by atoms with Crippen LogP contribution in [0.2, 0.25) is 0 Å². The van der Waals surface area contributed by atoms with Crippen LogP contribution in [0.1, 0.15) is 48.5 Å². The first kappa shape index (κ1) is 14.4. The first-order valence-corrected chi connectivity index (χ1v) is 6.26. The summed E-state index contributed by atoms with van der Waals surface area (Å²) in [7, 11) is 0. The molecule has 0 aliphatic rings. The topological polar surface area (TPSA) is 66.8 Å². The Balaban J connectivity index is 2.61. The number of rotatable bonds is 7. The SMILES string of the molecule is CCCCCCOc1cc(C)c(C(=O)O)c(O)c1. The standard InChI is InChI=1S/C14H20O4/c1-3-4-5-6-7-18-11-8-10(2)13(14(16)17)12(15)9-11/h8-9,15H,3-7H2,1-2H3,(H,16,17). The molecule has 0 spiro atoms. The van der Waals surface area contributed by atoms with Gasteiger partial charge < -0.3 is 14.9 Å². The Bertz CT molecular complexity index is 389. The number of benzene rings is 1. The van der Waals surface area contributed by atoms with E-state index in [9.17, 15) is 9.90 Å². The number of aromatic carboxylic acids is 1. The summed E-state index contributed by atoms with van der Waals surface area (Å²) in [6, 6.07) is 3.00. The van der Waals surface area contributed by atoms with Crippen molar-refractivity contribution in [1.29, 1.82) is 0 Å². The lowest BCUT2D eigenvalue weighted by Gasteiger charge is -2.10. The highest BCUT2D eigenvalue weighted by atomic mass is 16.5. The first-order chi connectivity index (χ1) is 8.56. The highest BCUT2D eigenvalue weighted by molar-refractivity contribution is 5.92. The molecule has 100 valence electrons. The lowest BCUT2D eigenvalue weighted by Crippen LogP contribution is -2.02. The van der Waals surface area contributed by atoms with Crippen LogP contribution in [-0.4, -0.2) is 22.8 Å². The quantitative estimate of drug-likeness (QED) is 0.730. The summed E-state index contributed by atoms with van der Waals surface area (Å²) in [5.41, 5.74) is 0.444. The molecule has 0 atom stereocenters. The van der Waals surface area contributed by atoms with Crippen LogP contribution in [0.25, 0.3) is 0 Å². The van der Waals surface area contributed by atoms with E-state index in [2.05, 4.69) is 6.92 Å². The summed E-state index contributed by atoms with van der Waals surface area (Å²) in [6.45, 7) is 4.38. The number of carboxylic acid groups (broad SMARTS) is 1. The van der Waals surface area contributed by atoms with Crippen LogP contribution in [0.15, 0.2) is 12.1 Å². The molecule has 1 aromatic rings. The van der Waals surface area contributed by atoms with Crippen molar-refractivity contribution in [3.63, 3.8) is 0 Å². The van der Waals surface area contributed by atoms with E-state index in [0.717, 1.165) is 12.8 Å². The summed E-state index contributed by atoms with van der Waals surface area (Å²) in [5.74, 6) is -0.850. The molecule has 1 rings (SSSR count). The molecule has 1 aromatic carbocycles. The number of carboxylic acids is 1. The van der Waals surface area contributed by atoms with Crippen molar-refractivity contribution < 1.29 is 19.7 Å². The Morgan fingerprint density at radius 3 is 2.56 bits per heavy atom. The lowest BCUT2D eigenvalue weighted by molar-refractivity contribution is 0.0693. The van der Waals surface area contributed by atoms with Gasteiger partial charge in [-0.25, -0.2) is 4.79 Å². The number of carbonyl (C=O) groups is 1. The fourth-order valence-electron chi connectivity index (χ4n) is 1.82. The first-order valence-electron chi connectivity index (χ1n) is 6.26. The summed E-state index contributed by atoms with van der Waals surface area (Å²) < 4.78 is 5.50. The molecule has 0 aliphatic heterocycles. The van der Waals surface area contributed by atoms with E-state index in [1.54, 1.807) is 13.0 Å². The normalized spacial score (nSPS) is 10.3. The Hall–Kier alpha value is -1.71. The van der Waals surface area contributed by atoms with Crippen molar-refractivity contribution in [2.75, 3.05) is 6.61 Å². The second-order valence-corrected chi connectivity index (χ2v) is 4.35. The smallest absolute Gasteiger partial charge is 0.339 e. The third-order valence-corrected chi connectivity index (χ3v) is 2.77. The molecule has 2 N–H and O–H groups in total. The molecule has 4 heteroatoms. The predicted molar refractivity (Wildman–Crippen MR) is 69.4 cm³/mol. The van der Waals surface area contributed by atoms with Crippen molar-refractivity contribution in [3.8, 4) is 11.5 Å². The largest absolute Gasteiger partial charge is 0.507 e. The van der Waals surface area contributed by atoms with Crippen LogP contribution in [-0.2, 0) is 0 Å². The fraction of sp³-hybridized carbons (Fsp3) is 0.500. The predicted octanol–water partition coefficient (Wildman–Crippen LogP) is 3.36. The third kappa shape index (κ3) is 3.95. The Labute approximate surface area is 107 Å². The number of hydrogen-bond acceptors (Lipinski definition) is 3. The maximum absolute atomic E-state index is 10.9. The molecule has 0 heterocycles. The maximum atomic E-state index is 10.9. The Kier molecular flexibility index (Phi) is 5.49. The van der Waals surface area contributed by atoms with E-state index in [0.29, 0.717) is 17.9 Å². The summed E-state index contributed by atoms with van der Waals surface area (Å²) >= 11 is 0. The molecule has 0 aliphatic carbocycles. The van der Waals surface area contributed by atoms with Gasteiger partial charge in [0.25, 0.3) is 0 Å². The summed E-state index contributed by atoms with van der Waals surface area (Å²) in [6.07, 6.45) is 4.45. The van der Waals surface area contributed by atoms with Crippen LogP contribution in [0.4, 0.5) is 0 Å². The lowest BCUT2D eigenvalue weighted by atomic mass is 10.1. The highest BCUT2D eigenvalue weighted by Gasteiger charge is 2.14. The number of aromatic hydroxyl groups is 1. The minimum Gasteiger partial charge on any atom is -0.507 e. The summed E-state index contributed by atoms with van der Waals surface area (Å²) in [4.78, 5) is 10.9. The molecular formula is C14H20O4. The van der Waals surface area contributed by atoms with E-state index in [1.807, 2.05) is 0 Å². The van der Waals surface area contributed by atoms with E-state index in [1.165, 1.54) is 18.9 Å². The monoisotopic (exact) mass is 252 g/mol. The van der Waals surface area contributed by atoms with Gasteiger partial charge in [-0.05, 0) is 25.0 Å². The molecule has 0 fully saturated rings. The van der Waals surface area contributed by atoms with Crippen molar-refractivity contribution >= 4 is 5.97 Å². The Morgan fingerprint density at radius 2 is 2.00 bits per heavy atom. The van der Waals surface area contributed by atoms with E-state index in [-0.39, 0.29) is 11.3 Å². The van der Waals surface area contributed by atoms with Gasteiger partial charge in [-0.2, -0.15) is 0 Å². The van der Waals surface area contributed by atoms with Gasteiger partial charge in [-0.1, -0.05) is 26.2 Å². The average Bonchev–Trinajstić information content (AvgIpc) is 2.27. The number of aryl methyl sites for hydroxylation is 1. The molecule has 18 heavy (non-hydrogen) atoms. The van der Waals surface area contributed by atoms with Crippen molar-refractivity contribution in [1.82, 2.24) is 0 Å². The van der Waals surface area contributed by atoms with Crippen LogP contribution in [0, 0.1) is 6.92 Å². The molecule has 0 saturated heterocycles. The van der Waals surface area contributed by atoms with E-state index in [4.69, 9.17) is 9.84 Å². The average molecular weight is 252 g/mol. The number of hydrogen-bond donors (Lipinski definition) is 2. The van der Waals surface area contributed by atoms with Crippen LogP contribution < -0.4 is 4.74 Å². The molecule has 0 saturated carbocycles. The van der Waals surface area contributed by atoms with Gasteiger partial charge in [0.2, 0.25) is 0 Å². The highest BCUT2D eigenvalue weighted by Crippen LogP contribution is 2.27. The number of phenols is 1. The van der Waals surface area contributed by atoms with Crippen LogP contribution in [0.5, 0.6) is 11.5 Å². The van der Waals surface area contributed by atoms with E-state index < -0.39 is 5.97 Å². The van der Waals surface area contributed by atoms with Crippen LogP contribution in [0.3, 0.4) is 0 Å². The second kappa shape index (κ2) is 6.89. The second-order valence-electron chi connectivity index (χ2n) is 4.35. The zero-order valence-electron chi connectivity index (χ0n) is 10.9. The Morgan fingerprint density at radius 1 is 1.28 bits per heavy atom. The molecular weight excluding hydrogens is 232 g/mol. The van der Waals surface area contributed by atoms with Gasteiger partial charge in [0.05, 0.1) is 6.61 Å². The number of unbranched alkanes of at least 4 members (excludes halogenated alkanes) is 3. The maximum Gasteiger partial charge on any atom is 0.339 e. The summed E-state index contributed by atoms with van der Waals surface area (Å²) in [5, 5.41) is 18.5. The fourth-order valence-corrected chi connectivity index (χ4v) is 1.82. The molecule has 0 bridgehead atoms. The molecule has 0 aromatic heterocycles. The van der Waals surface area contributed by atoms with Gasteiger partial charge in [0, 0.05) is 6.07 Å². The third-order valence-electron chi connectivity index (χ3n) is 2.77. The van der Waals surface area contributed by atoms with Crippen molar-refractivity contribution in [2.45, 2.75) is 39.5 Å². The van der Waals surface area contributed by atoms with Gasteiger partial charge in [-0.15, -0.1) is 0 Å². The van der Waals surface area contributed by atoms with Gasteiger partial charge >= 0.3 is 5.97 Å². The number of ether oxygens (including phenoxy) is 1. The zero-order chi connectivity index (χ0) is 13.5. The van der Waals surface area contributed by atoms with Crippen molar-refractivity contribution in [2.24, 2.45) is 0 Å².